The SMILES string of the molecule is COC[C@H]1OC(=O)/C(=C\N[C@H]2CCCNC2=O)C2=C(O)C(=O)C3=C([C@H](OC(C)=O)C[C@]4(C)C(=O)CC[C@@H]34)[C@]21C. The molecule has 2 heterocycles. The molecule has 6 atom stereocenters. The van der Waals surface area contributed by atoms with Crippen LogP contribution in [0.25, 0.3) is 0 Å². The van der Waals surface area contributed by atoms with Gasteiger partial charge in [0.1, 0.15) is 24.0 Å². The van der Waals surface area contributed by atoms with Crippen LogP contribution in [-0.2, 0) is 38.2 Å². The van der Waals surface area contributed by atoms with Crippen molar-refractivity contribution in [2.24, 2.45) is 16.7 Å². The number of piperidine rings is 1. The van der Waals surface area contributed by atoms with Crippen molar-refractivity contribution in [1.29, 1.82) is 0 Å². The van der Waals surface area contributed by atoms with E-state index in [9.17, 15) is 29.1 Å². The maximum Gasteiger partial charge on any atom is 0.340 e. The lowest BCUT2D eigenvalue weighted by atomic mass is 9.53. The van der Waals surface area contributed by atoms with Crippen LogP contribution in [0.4, 0.5) is 0 Å². The van der Waals surface area contributed by atoms with E-state index < -0.39 is 58.5 Å². The van der Waals surface area contributed by atoms with E-state index in [2.05, 4.69) is 10.6 Å². The zero-order chi connectivity index (χ0) is 28.3. The Morgan fingerprint density at radius 3 is 2.64 bits per heavy atom. The second-order valence-corrected chi connectivity index (χ2v) is 11.4. The highest BCUT2D eigenvalue weighted by Gasteiger charge is 2.64. The molecule has 0 unspecified atom stereocenters. The molecule has 5 rings (SSSR count). The first kappa shape index (κ1) is 27.1. The number of ether oxygens (including phenoxy) is 3. The summed E-state index contributed by atoms with van der Waals surface area (Å²) in [5.74, 6) is -3.45. The van der Waals surface area contributed by atoms with Gasteiger partial charge < -0.3 is 30.0 Å². The van der Waals surface area contributed by atoms with Crippen LogP contribution >= 0.6 is 0 Å². The summed E-state index contributed by atoms with van der Waals surface area (Å²) in [4.78, 5) is 64.8. The van der Waals surface area contributed by atoms with Crippen molar-refractivity contribution in [3.05, 3.63) is 34.3 Å². The number of carbonyl (C=O) groups is 5. The number of hydrogen-bond acceptors (Lipinski definition) is 10. The average molecular weight is 543 g/mol. The summed E-state index contributed by atoms with van der Waals surface area (Å²) in [6, 6.07) is -0.604. The van der Waals surface area contributed by atoms with Gasteiger partial charge in [0.15, 0.2) is 5.76 Å². The number of allylic oxidation sites excluding steroid dienone is 1. The van der Waals surface area contributed by atoms with Crippen LogP contribution in [0.2, 0.25) is 0 Å². The standard InChI is InChI=1S/C28H34N2O9/c1-13(31)38-17-10-27(2)15(7-8-18(27)32)20-22(17)28(3)19(12-37-4)39-26(36)14(21(28)24(34)23(20)33)11-30-16-6-5-9-29-25(16)35/h11,15-17,19,30,34H,5-10,12H2,1-4H3,(H,29,35)/b14-11-/t15-,16-,17+,19+,27-,28-/m0/s1. The predicted octanol–water partition coefficient (Wildman–Crippen LogP) is 1.33. The zero-order valence-corrected chi connectivity index (χ0v) is 22.5. The van der Waals surface area contributed by atoms with Crippen LogP contribution in [0.3, 0.4) is 0 Å². The molecule has 210 valence electrons. The third-order valence-corrected chi connectivity index (χ3v) is 9.13. The third kappa shape index (κ3) is 4.00. The average Bonchev–Trinajstić information content (AvgIpc) is 3.17. The van der Waals surface area contributed by atoms with Crippen molar-refractivity contribution in [2.75, 3.05) is 20.3 Å². The van der Waals surface area contributed by atoms with Crippen LogP contribution in [0.15, 0.2) is 34.3 Å². The molecule has 3 aliphatic carbocycles. The van der Waals surface area contributed by atoms with Gasteiger partial charge >= 0.3 is 11.9 Å². The Balaban J connectivity index is 1.70. The Labute approximate surface area is 226 Å². The number of Topliss-reactive ketones (excluding diaryl/α,β-unsaturated/α-hetero) is 2. The summed E-state index contributed by atoms with van der Waals surface area (Å²) in [6.45, 7) is 5.25. The zero-order valence-electron chi connectivity index (χ0n) is 22.5. The lowest BCUT2D eigenvalue weighted by Crippen LogP contribution is -2.57. The lowest BCUT2D eigenvalue weighted by Gasteiger charge is -2.53. The fraction of sp³-hybridized carbons (Fsp3) is 0.607. The summed E-state index contributed by atoms with van der Waals surface area (Å²) in [6.07, 6.45) is 1.51. The van der Waals surface area contributed by atoms with Gasteiger partial charge in [-0.15, -0.1) is 0 Å². The molecule has 11 heteroatoms. The van der Waals surface area contributed by atoms with E-state index in [4.69, 9.17) is 14.2 Å². The Morgan fingerprint density at radius 1 is 1.23 bits per heavy atom. The van der Waals surface area contributed by atoms with Gasteiger partial charge in [0.25, 0.3) is 0 Å². The summed E-state index contributed by atoms with van der Waals surface area (Å²) in [5.41, 5.74) is -1.69. The van der Waals surface area contributed by atoms with E-state index in [-0.39, 0.29) is 47.9 Å². The molecule has 3 N–H and O–H groups in total. The van der Waals surface area contributed by atoms with Gasteiger partial charge in [0.05, 0.1) is 17.6 Å². The number of ketones is 2. The number of cyclic esters (lactones) is 1. The van der Waals surface area contributed by atoms with Gasteiger partial charge in [-0.05, 0) is 31.8 Å². The second-order valence-electron chi connectivity index (χ2n) is 11.4. The highest BCUT2D eigenvalue weighted by molar-refractivity contribution is 6.14. The number of aliphatic hydroxyl groups is 1. The van der Waals surface area contributed by atoms with E-state index in [0.29, 0.717) is 25.0 Å². The van der Waals surface area contributed by atoms with Crippen LogP contribution in [0.5, 0.6) is 0 Å². The molecule has 3 fully saturated rings. The molecule has 1 saturated carbocycles. The van der Waals surface area contributed by atoms with Crippen molar-refractivity contribution in [3.63, 3.8) is 0 Å². The number of nitrogens with one attached hydrogen (secondary N) is 2. The lowest BCUT2D eigenvalue weighted by molar-refractivity contribution is -0.160. The number of aliphatic hydroxyl groups excluding tert-OH is 1. The maximum atomic E-state index is 13.9. The number of methoxy groups -OCH3 is 1. The van der Waals surface area contributed by atoms with Crippen molar-refractivity contribution in [1.82, 2.24) is 10.6 Å². The summed E-state index contributed by atoms with van der Waals surface area (Å²) in [7, 11) is 1.44. The van der Waals surface area contributed by atoms with E-state index in [1.54, 1.807) is 13.8 Å². The third-order valence-electron chi connectivity index (χ3n) is 9.13. The minimum absolute atomic E-state index is 0.0255. The second kappa shape index (κ2) is 9.62. The first-order valence-corrected chi connectivity index (χ1v) is 13.3. The van der Waals surface area contributed by atoms with Crippen LogP contribution in [0, 0.1) is 16.7 Å². The molecule has 2 aliphatic heterocycles. The van der Waals surface area contributed by atoms with Gasteiger partial charge in [-0.25, -0.2) is 4.79 Å². The van der Waals surface area contributed by atoms with E-state index >= 15 is 0 Å². The highest BCUT2D eigenvalue weighted by atomic mass is 16.6. The molecule has 0 bridgehead atoms. The van der Waals surface area contributed by atoms with E-state index in [1.807, 2.05) is 0 Å². The fourth-order valence-electron chi connectivity index (χ4n) is 7.21. The summed E-state index contributed by atoms with van der Waals surface area (Å²) < 4.78 is 17.0. The number of fused-ring (bicyclic) bond motifs is 4. The van der Waals surface area contributed by atoms with Crippen molar-refractivity contribution in [2.45, 2.75) is 71.1 Å². The number of hydrogen-bond donors (Lipinski definition) is 3. The van der Waals surface area contributed by atoms with Gasteiger partial charge in [0.2, 0.25) is 11.7 Å². The number of rotatable bonds is 5. The van der Waals surface area contributed by atoms with Gasteiger partial charge in [-0.3, -0.25) is 19.2 Å². The fourth-order valence-corrected chi connectivity index (χ4v) is 7.21. The summed E-state index contributed by atoms with van der Waals surface area (Å²) >= 11 is 0. The van der Waals surface area contributed by atoms with Gasteiger partial charge in [0, 0.05) is 62.1 Å². The Hall–Kier alpha value is -3.47. The summed E-state index contributed by atoms with van der Waals surface area (Å²) in [5, 5.41) is 17.2. The molecular formula is C28H34N2O9. The van der Waals surface area contributed by atoms with Crippen LogP contribution < -0.4 is 10.6 Å². The minimum Gasteiger partial charge on any atom is -0.504 e. The molecule has 11 nitrogen and oxygen atoms in total. The first-order valence-electron chi connectivity index (χ1n) is 13.3. The normalized spacial score (nSPS) is 37.2. The quantitative estimate of drug-likeness (QED) is 0.342. The molecule has 0 aromatic carbocycles. The maximum absolute atomic E-state index is 13.9. The van der Waals surface area contributed by atoms with Crippen molar-refractivity contribution in [3.8, 4) is 0 Å². The monoisotopic (exact) mass is 542 g/mol. The molecule has 0 aromatic heterocycles. The number of esters is 2. The molecule has 2 saturated heterocycles. The molecule has 0 aromatic rings. The minimum atomic E-state index is -1.33. The topological polar surface area (TPSA) is 157 Å². The Morgan fingerprint density at radius 2 is 1.97 bits per heavy atom. The van der Waals surface area contributed by atoms with Crippen molar-refractivity contribution >= 4 is 29.4 Å². The van der Waals surface area contributed by atoms with Gasteiger partial charge in [-0.1, -0.05) is 6.92 Å². The smallest absolute Gasteiger partial charge is 0.340 e. The molecule has 39 heavy (non-hydrogen) atoms. The Kier molecular flexibility index (Phi) is 6.69. The molecule has 0 spiro atoms. The molecule has 0 radical (unpaired) electrons. The number of carbonyl (C=O) groups excluding carboxylic acids is 5. The van der Waals surface area contributed by atoms with E-state index in [1.165, 1.54) is 20.2 Å². The first-order chi connectivity index (χ1) is 18.4. The van der Waals surface area contributed by atoms with Crippen LogP contribution in [-0.4, -0.2) is 73.0 Å². The Bertz CT molecular complexity index is 1260. The van der Waals surface area contributed by atoms with Crippen molar-refractivity contribution < 1.29 is 43.3 Å². The molecule has 5 aliphatic rings. The molecular weight excluding hydrogens is 508 g/mol. The van der Waals surface area contributed by atoms with Crippen LogP contribution in [0.1, 0.15) is 52.9 Å². The largest absolute Gasteiger partial charge is 0.504 e. The van der Waals surface area contributed by atoms with E-state index in [0.717, 1.165) is 6.42 Å². The number of amides is 1. The molecule has 1 amide bonds. The predicted molar refractivity (Wildman–Crippen MR) is 135 cm³/mol. The van der Waals surface area contributed by atoms with Gasteiger partial charge in [-0.2, -0.15) is 0 Å². The highest BCUT2D eigenvalue weighted by Crippen LogP contribution is 2.62.